The van der Waals surface area contributed by atoms with E-state index in [4.69, 9.17) is 5.11 Å². The normalized spacial score (nSPS) is 19.8. The van der Waals surface area contributed by atoms with E-state index < -0.39 is 15.8 Å². The molecule has 7 heteroatoms. The molecule has 2 rings (SSSR count). The molecule has 18 heavy (non-hydrogen) atoms. The summed E-state index contributed by atoms with van der Waals surface area (Å²) in [4.78, 5) is 10.5. The highest BCUT2D eigenvalue weighted by Crippen LogP contribution is 2.23. The zero-order valence-electron chi connectivity index (χ0n) is 9.95. The van der Waals surface area contributed by atoms with Crippen molar-refractivity contribution in [2.75, 3.05) is 11.5 Å². The molecule has 0 aromatic carbocycles. The molecule has 1 aromatic heterocycles. The van der Waals surface area contributed by atoms with Crippen LogP contribution in [0.3, 0.4) is 0 Å². The second-order valence-corrected chi connectivity index (χ2v) is 6.91. The number of aromatic nitrogens is 2. The molecule has 0 spiro atoms. The van der Waals surface area contributed by atoms with Crippen LogP contribution in [0.2, 0.25) is 0 Å². The fraction of sp³-hybridized carbons (Fsp3) is 0.636. The second-order valence-electron chi connectivity index (χ2n) is 4.61. The average Bonchev–Trinajstić information content (AvgIpc) is 2.75. The molecule has 0 unspecified atom stereocenters. The average molecular weight is 272 g/mol. The maximum absolute atomic E-state index is 11.3. The van der Waals surface area contributed by atoms with E-state index in [0.29, 0.717) is 19.3 Å². The number of nitrogens with zero attached hydrogens (tertiary/aromatic N) is 2. The van der Waals surface area contributed by atoms with Crippen LogP contribution in [0.1, 0.15) is 30.9 Å². The summed E-state index contributed by atoms with van der Waals surface area (Å²) in [6.45, 7) is 0. The standard InChI is InChI=1S/C11H16N2O4S/c14-11(15)2-1-9-7-12-13(8-9)10-3-5-18(16,17)6-4-10/h7-8,10H,1-6H2,(H,14,15). The zero-order chi connectivity index (χ0) is 13.2. The molecule has 0 amide bonds. The topological polar surface area (TPSA) is 89.3 Å². The van der Waals surface area contributed by atoms with Crippen LogP contribution < -0.4 is 0 Å². The maximum Gasteiger partial charge on any atom is 0.303 e. The molecule has 0 atom stereocenters. The Labute approximate surface area is 106 Å². The Morgan fingerprint density at radius 3 is 2.72 bits per heavy atom. The van der Waals surface area contributed by atoms with Gasteiger partial charge < -0.3 is 5.11 Å². The van der Waals surface area contributed by atoms with E-state index in [0.717, 1.165) is 5.56 Å². The van der Waals surface area contributed by atoms with Gasteiger partial charge in [-0.2, -0.15) is 5.10 Å². The van der Waals surface area contributed by atoms with Gasteiger partial charge >= 0.3 is 5.97 Å². The van der Waals surface area contributed by atoms with Gasteiger partial charge in [0.15, 0.2) is 0 Å². The van der Waals surface area contributed by atoms with Gasteiger partial charge in [-0.1, -0.05) is 0 Å². The van der Waals surface area contributed by atoms with Crippen LogP contribution in [-0.2, 0) is 21.1 Å². The molecule has 0 saturated carbocycles. The Morgan fingerprint density at radius 1 is 1.44 bits per heavy atom. The highest BCUT2D eigenvalue weighted by atomic mass is 32.2. The quantitative estimate of drug-likeness (QED) is 0.869. The zero-order valence-corrected chi connectivity index (χ0v) is 10.8. The van der Waals surface area contributed by atoms with E-state index in [2.05, 4.69) is 5.10 Å². The lowest BCUT2D eigenvalue weighted by Gasteiger charge is -2.22. The number of hydrogen-bond donors (Lipinski definition) is 1. The molecule has 1 aromatic rings. The van der Waals surface area contributed by atoms with Gasteiger partial charge in [0.2, 0.25) is 0 Å². The maximum atomic E-state index is 11.3. The summed E-state index contributed by atoms with van der Waals surface area (Å²) in [5.74, 6) is -0.407. The Bertz CT molecular complexity index is 521. The fourth-order valence-electron chi connectivity index (χ4n) is 2.10. The van der Waals surface area contributed by atoms with Crippen molar-refractivity contribution in [2.45, 2.75) is 31.7 Å². The number of rotatable bonds is 4. The number of carboxylic acid groups (broad SMARTS) is 1. The first-order chi connectivity index (χ1) is 8.46. The van der Waals surface area contributed by atoms with Gasteiger partial charge in [0.1, 0.15) is 9.84 Å². The van der Waals surface area contributed by atoms with Crippen molar-refractivity contribution in [3.63, 3.8) is 0 Å². The lowest BCUT2D eigenvalue weighted by atomic mass is 10.1. The molecular weight excluding hydrogens is 256 g/mol. The molecular formula is C11H16N2O4S. The van der Waals surface area contributed by atoms with Crippen LogP contribution in [0.5, 0.6) is 0 Å². The van der Waals surface area contributed by atoms with Crippen LogP contribution in [0.25, 0.3) is 0 Å². The molecule has 2 heterocycles. The Hall–Kier alpha value is -1.37. The van der Waals surface area contributed by atoms with Crippen LogP contribution in [-0.4, -0.2) is 40.8 Å². The highest BCUT2D eigenvalue weighted by Gasteiger charge is 2.25. The minimum atomic E-state index is -2.86. The second kappa shape index (κ2) is 5.09. The van der Waals surface area contributed by atoms with Gasteiger partial charge in [-0.05, 0) is 24.8 Å². The Balaban J connectivity index is 1.96. The molecule has 0 bridgehead atoms. The van der Waals surface area contributed by atoms with E-state index in [1.165, 1.54) is 0 Å². The highest BCUT2D eigenvalue weighted by molar-refractivity contribution is 7.91. The molecule has 1 aliphatic heterocycles. The number of carbonyl (C=O) groups is 1. The summed E-state index contributed by atoms with van der Waals surface area (Å²) in [6, 6.07) is 0.118. The van der Waals surface area contributed by atoms with Gasteiger partial charge in [0, 0.05) is 12.6 Å². The molecule has 1 saturated heterocycles. The lowest BCUT2D eigenvalue weighted by Crippen LogP contribution is -2.25. The molecule has 1 N–H and O–H groups in total. The summed E-state index contributed by atoms with van der Waals surface area (Å²) < 4.78 is 24.4. The van der Waals surface area contributed by atoms with Crippen molar-refractivity contribution in [2.24, 2.45) is 0 Å². The van der Waals surface area contributed by atoms with E-state index >= 15 is 0 Å². The lowest BCUT2D eigenvalue weighted by molar-refractivity contribution is -0.136. The SMILES string of the molecule is O=C(O)CCc1cnn(C2CCS(=O)(=O)CC2)c1. The molecule has 6 nitrogen and oxygen atoms in total. The predicted octanol–water partition coefficient (Wildman–Crippen LogP) is 0.650. The third kappa shape index (κ3) is 3.32. The van der Waals surface area contributed by atoms with Crippen LogP contribution in [0.15, 0.2) is 12.4 Å². The third-order valence-electron chi connectivity index (χ3n) is 3.18. The molecule has 100 valence electrons. The van der Waals surface area contributed by atoms with Crippen molar-refractivity contribution in [1.82, 2.24) is 9.78 Å². The van der Waals surface area contributed by atoms with Crippen molar-refractivity contribution >= 4 is 15.8 Å². The molecule has 0 radical (unpaired) electrons. The van der Waals surface area contributed by atoms with E-state index in [9.17, 15) is 13.2 Å². The number of carboxylic acids is 1. The van der Waals surface area contributed by atoms with Crippen molar-refractivity contribution in [1.29, 1.82) is 0 Å². The number of aryl methyl sites for hydroxylation is 1. The minimum absolute atomic E-state index is 0.0880. The summed E-state index contributed by atoms with van der Waals surface area (Å²) >= 11 is 0. The summed E-state index contributed by atoms with van der Waals surface area (Å²) in [5, 5.41) is 12.8. The van der Waals surface area contributed by atoms with Crippen molar-refractivity contribution in [3.8, 4) is 0 Å². The van der Waals surface area contributed by atoms with Crippen LogP contribution in [0.4, 0.5) is 0 Å². The summed E-state index contributed by atoms with van der Waals surface area (Å²) in [7, 11) is -2.86. The minimum Gasteiger partial charge on any atom is -0.481 e. The monoisotopic (exact) mass is 272 g/mol. The van der Waals surface area contributed by atoms with Gasteiger partial charge in [-0.15, -0.1) is 0 Å². The number of sulfone groups is 1. The summed E-state index contributed by atoms with van der Waals surface area (Å²) in [5.41, 5.74) is 0.880. The van der Waals surface area contributed by atoms with Crippen LogP contribution >= 0.6 is 0 Å². The summed E-state index contributed by atoms with van der Waals surface area (Å²) in [6.07, 6.45) is 5.20. The molecule has 0 aliphatic carbocycles. The smallest absolute Gasteiger partial charge is 0.303 e. The van der Waals surface area contributed by atoms with E-state index in [1.54, 1.807) is 10.9 Å². The predicted molar refractivity (Wildman–Crippen MR) is 65.1 cm³/mol. The van der Waals surface area contributed by atoms with Gasteiger partial charge in [0.25, 0.3) is 0 Å². The molecule has 1 aliphatic rings. The van der Waals surface area contributed by atoms with Gasteiger partial charge in [-0.25, -0.2) is 8.42 Å². The Morgan fingerprint density at radius 2 is 2.11 bits per heavy atom. The number of hydrogen-bond acceptors (Lipinski definition) is 4. The van der Waals surface area contributed by atoms with Gasteiger partial charge in [-0.3, -0.25) is 9.48 Å². The van der Waals surface area contributed by atoms with Crippen LogP contribution in [0, 0.1) is 0 Å². The van der Waals surface area contributed by atoms with Crippen molar-refractivity contribution < 1.29 is 18.3 Å². The largest absolute Gasteiger partial charge is 0.481 e. The Kier molecular flexibility index (Phi) is 3.70. The first-order valence-corrected chi connectivity index (χ1v) is 7.74. The fourth-order valence-corrected chi connectivity index (χ4v) is 3.57. The third-order valence-corrected chi connectivity index (χ3v) is 4.90. The van der Waals surface area contributed by atoms with E-state index in [1.807, 2.05) is 6.20 Å². The first kappa shape index (κ1) is 13.1. The van der Waals surface area contributed by atoms with E-state index in [-0.39, 0.29) is 24.0 Å². The first-order valence-electron chi connectivity index (χ1n) is 5.91. The number of aliphatic carboxylic acids is 1. The molecule has 1 fully saturated rings. The van der Waals surface area contributed by atoms with Gasteiger partial charge in [0.05, 0.1) is 23.7 Å². The van der Waals surface area contributed by atoms with Crippen molar-refractivity contribution in [3.05, 3.63) is 18.0 Å².